The molecule has 0 radical (unpaired) electrons. The van der Waals surface area contributed by atoms with Crippen LogP contribution in [0.4, 0.5) is 0 Å². The first kappa shape index (κ1) is 58.8. The maximum absolute atomic E-state index is 12.8. The molecule has 6 nitrogen and oxygen atoms in total. The SMILES string of the molecule is CC/C=C\C/C=C\C/C=C\C/C=C\C/C=C\CCCC(=O)OCC(COC(=O)CCCCCCC/C=C\CCCCCC)OC(=O)CCCC/C=C\C/C=C\C/C=C\C/C=C\CC. The highest BCUT2D eigenvalue weighted by molar-refractivity contribution is 5.71. The molecule has 0 aromatic heterocycles. The fraction of sp³-hybridized carbons (Fsp3) is 0.596. The van der Waals surface area contributed by atoms with Crippen LogP contribution < -0.4 is 0 Å². The Morgan fingerprint density at radius 2 is 0.635 bits per heavy atom. The van der Waals surface area contributed by atoms with Crippen molar-refractivity contribution < 1.29 is 28.6 Å². The summed E-state index contributed by atoms with van der Waals surface area (Å²) >= 11 is 0. The van der Waals surface area contributed by atoms with Crippen LogP contribution in [0.5, 0.6) is 0 Å². The highest BCUT2D eigenvalue weighted by Gasteiger charge is 2.19. The molecule has 0 aliphatic heterocycles. The summed E-state index contributed by atoms with van der Waals surface area (Å²) in [7, 11) is 0. The number of allylic oxidation sites excluding steroid dienone is 20. The van der Waals surface area contributed by atoms with E-state index in [1.54, 1.807) is 0 Å². The molecule has 0 aliphatic rings. The quantitative estimate of drug-likeness (QED) is 0.0263. The van der Waals surface area contributed by atoms with E-state index in [9.17, 15) is 14.4 Å². The predicted octanol–water partition coefficient (Wildman–Crippen LogP) is 16.5. The van der Waals surface area contributed by atoms with Gasteiger partial charge in [-0.3, -0.25) is 14.4 Å². The highest BCUT2D eigenvalue weighted by Crippen LogP contribution is 2.11. The van der Waals surface area contributed by atoms with E-state index >= 15 is 0 Å². The van der Waals surface area contributed by atoms with E-state index < -0.39 is 6.10 Å². The van der Waals surface area contributed by atoms with Crippen LogP contribution in [0.25, 0.3) is 0 Å². The fourth-order valence-electron chi connectivity index (χ4n) is 6.23. The third kappa shape index (κ3) is 48.7. The van der Waals surface area contributed by atoms with E-state index in [-0.39, 0.29) is 44.0 Å². The Morgan fingerprint density at radius 3 is 1.08 bits per heavy atom. The van der Waals surface area contributed by atoms with Crippen LogP contribution in [-0.2, 0) is 28.6 Å². The van der Waals surface area contributed by atoms with E-state index in [2.05, 4.69) is 142 Å². The summed E-state index contributed by atoms with van der Waals surface area (Å²) in [6, 6.07) is 0. The van der Waals surface area contributed by atoms with Gasteiger partial charge in [-0.1, -0.05) is 181 Å². The molecule has 0 aromatic rings. The number of hydrogen-bond donors (Lipinski definition) is 0. The lowest BCUT2D eigenvalue weighted by atomic mass is 10.1. The molecule has 0 amide bonds. The first-order chi connectivity index (χ1) is 31.0. The van der Waals surface area contributed by atoms with Gasteiger partial charge in [-0.05, 0) is 122 Å². The zero-order valence-corrected chi connectivity index (χ0v) is 40.3. The molecule has 0 aliphatic carbocycles. The normalized spacial score (nSPS) is 13.1. The van der Waals surface area contributed by atoms with Gasteiger partial charge in [0.25, 0.3) is 0 Å². The van der Waals surface area contributed by atoms with Crippen molar-refractivity contribution in [1.29, 1.82) is 0 Å². The van der Waals surface area contributed by atoms with Crippen molar-refractivity contribution >= 4 is 17.9 Å². The van der Waals surface area contributed by atoms with E-state index in [1.807, 2.05) is 0 Å². The predicted molar refractivity (Wildman–Crippen MR) is 269 cm³/mol. The van der Waals surface area contributed by atoms with E-state index in [4.69, 9.17) is 14.2 Å². The Labute approximate surface area is 386 Å². The molecular formula is C57H90O6. The third-order valence-corrected chi connectivity index (χ3v) is 9.93. The summed E-state index contributed by atoms with van der Waals surface area (Å²) in [6.45, 7) is 6.28. The van der Waals surface area contributed by atoms with Crippen molar-refractivity contribution in [3.8, 4) is 0 Å². The third-order valence-electron chi connectivity index (χ3n) is 9.93. The zero-order chi connectivity index (χ0) is 45.8. The second-order valence-electron chi connectivity index (χ2n) is 16.0. The smallest absolute Gasteiger partial charge is 0.306 e. The average Bonchev–Trinajstić information content (AvgIpc) is 3.28. The molecule has 0 rings (SSSR count). The number of unbranched alkanes of at least 4 members (excludes halogenated alkanes) is 12. The highest BCUT2D eigenvalue weighted by atomic mass is 16.6. The largest absolute Gasteiger partial charge is 0.462 e. The summed E-state index contributed by atoms with van der Waals surface area (Å²) in [5.41, 5.74) is 0. The second kappa shape index (κ2) is 50.5. The lowest BCUT2D eigenvalue weighted by Gasteiger charge is -2.18. The molecule has 0 bridgehead atoms. The molecule has 0 saturated carbocycles. The Hall–Kier alpha value is -4.19. The molecule has 0 aromatic carbocycles. The number of esters is 3. The summed E-state index contributed by atoms with van der Waals surface area (Å²) < 4.78 is 16.7. The molecule has 0 N–H and O–H groups in total. The molecule has 63 heavy (non-hydrogen) atoms. The molecule has 0 fully saturated rings. The number of hydrogen-bond acceptors (Lipinski definition) is 6. The van der Waals surface area contributed by atoms with Gasteiger partial charge < -0.3 is 14.2 Å². The molecule has 0 saturated heterocycles. The fourth-order valence-corrected chi connectivity index (χ4v) is 6.23. The van der Waals surface area contributed by atoms with Crippen molar-refractivity contribution in [1.82, 2.24) is 0 Å². The van der Waals surface area contributed by atoms with Gasteiger partial charge in [-0.15, -0.1) is 0 Å². The summed E-state index contributed by atoms with van der Waals surface area (Å²) in [5, 5.41) is 0. The van der Waals surface area contributed by atoms with Crippen LogP contribution in [0.15, 0.2) is 122 Å². The maximum Gasteiger partial charge on any atom is 0.306 e. The summed E-state index contributed by atoms with van der Waals surface area (Å²) in [4.78, 5) is 37.9. The summed E-state index contributed by atoms with van der Waals surface area (Å²) in [5.74, 6) is -1.04. The Balaban J connectivity index is 4.58. The average molecular weight is 871 g/mol. The van der Waals surface area contributed by atoms with Gasteiger partial charge in [0.15, 0.2) is 6.10 Å². The molecule has 0 spiro atoms. The summed E-state index contributed by atoms with van der Waals surface area (Å²) in [6.07, 6.45) is 69.0. The van der Waals surface area contributed by atoms with Gasteiger partial charge in [-0.2, -0.15) is 0 Å². The first-order valence-electron chi connectivity index (χ1n) is 25.0. The van der Waals surface area contributed by atoms with Gasteiger partial charge in [0.2, 0.25) is 0 Å². The van der Waals surface area contributed by atoms with Gasteiger partial charge in [0.1, 0.15) is 13.2 Å². The topological polar surface area (TPSA) is 78.9 Å². The Bertz CT molecular complexity index is 1370. The van der Waals surface area contributed by atoms with Crippen molar-refractivity contribution in [2.75, 3.05) is 13.2 Å². The number of carbonyl (C=O) groups excluding carboxylic acids is 3. The Morgan fingerprint density at radius 1 is 0.333 bits per heavy atom. The monoisotopic (exact) mass is 871 g/mol. The van der Waals surface area contributed by atoms with Gasteiger partial charge in [0, 0.05) is 19.3 Å². The van der Waals surface area contributed by atoms with Crippen LogP contribution in [0.2, 0.25) is 0 Å². The van der Waals surface area contributed by atoms with Crippen molar-refractivity contribution in [2.24, 2.45) is 0 Å². The molecular weight excluding hydrogens is 781 g/mol. The molecule has 0 heterocycles. The van der Waals surface area contributed by atoms with Gasteiger partial charge in [0.05, 0.1) is 0 Å². The van der Waals surface area contributed by atoms with Gasteiger partial charge >= 0.3 is 17.9 Å². The van der Waals surface area contributed by atoms with Crippen LogP contribution in [0.1, 0.15) is 201 Å². The van der Waals surface area contributed by atoms with Crippen LogP contribution >= 0.6 is 0 Å². The molecule has 6 heteroatoms. The maximum atomic E-state index is 12.8. The first-order valence-corrected chi connectivity index (χ1v) is 25.0. The molecule has 1 atom stereocenters. The standard InChI is InChI=1S/C57H90O6/c1-4-7-10-13-16-19-22-25-27-28-30-32-35-38-41-44-47-50-56(59)62-53-54(52-61-55(58)49-46-43-40-37-34-31-24-21-18-15-12-9-6-3)63-57(60)51-48-45-42-39-36-33-29-26-23-20-17-14-11-8-5-2/h7-8,10-11,16-17,19-21,24-27,29-30,32,36,38-39,41,54H,4-6,9,12-15,18,22-23,28,31,33-35,37,40,42-53H2,1-3H3/b10-7-,11-8-,19-16-,20-17-,24-21-,27-25-,29-26-,32-30-,39-36-,41-38-. The zero-order valence-electron chi connectivity index (χ0n) is 40.3. The molecule has 354 valence electrons. The number of ether oxygens (including phenoxy) is 3. The second-order valence-corrected chi connectivity index (χ2v) is 16.0. The van der Waals surface area contributed by atoms with E-state index in [0.29, 0.717) is 19.3 Å². The minimum atomic E-state index is -0.828. The number of rotatable bonds is 43. The lowest BCUT2D eigenvalue weighted by Crippen LogP contribution is -2.30. The van der Waals surface area contributed by atoms with Crippen molar-refractivity contribution in [3.05, 3.63) is 122 Å². The van der Waals surface area contributed by atoms with Crippen LogP contribution in [-0.4, -0.2) is 37.2 Å². The minimum absolute atomic E-state index is 0.120. The number of carbonyl (C=O) groups is 3. The lowest BCUT2D eigenvalue weighted by molar-refractivity contribution is -0.167. The van der Waals surface area contributed by atoms with Gasteiger partial charge in [-0.25, -0.2) is 0 Å². The van der Waals surface area contributed by atoms with Crippen molar-refractivity contribution in [3.63, 3.8) is 0 Å². The van der Waals surface area contributed by atoms with E-state index in [0.717, 1.165) is 109 Å². The Kier molecular flexibility index (Phi) is 47.1. The minimum Gasteiger partial charge on any atom is -0.462 e. The van der Waals surface area contributed by atoms with Crippen LogP contribution in [0.3, 0.4) is 0 Å². The van der Waals surface area contributed by atoms with Crippen molar-refractivity contribution in [2.45, 2.75) is 207 Å². The van der Waals surface area contributed by atoms with Crippen LogP contribution in [0, 0.1) is 0 Å². The molecule has 1 unspecified atom stereocenters. The van der Waals surface area contributed by atoms with E-state index in [1.165, 1.54) is 38.5 Å².